The van der Waals surface area contributed by atoms with Crippen molar-refractivity contribution in [3.63, 3.8) is 0 Å². The Balaban J connectivity index is 1.52. The van der Waals surface area contributed by atoms with Crippen molar-refractivity contribution in [3.8, 4) is 11.1 Å². The van der Waals surface area contributed by atoms with Crippen LogP contribution in [0.15, 0.2) is 48.3 Å². The molecule has 0 saturated heterocycles. The minimum atomic E-state index is -3.84. The summed E-state index contributed by atoms with van der Waals surface area (Å²) in [6, 6.07) is 2.01. The number of hydrogen-bond acceptors (Lipinski definition) is 8. The molecule has 3 N–H and O–H groups in total. The molecule has 0 aromatic carbocycles. The first kappa shape index (κ1) is 24.2. The minimum absolute atomic E-state index is 0.0612. The third-order valence-electron chi connectivity index (χ3n) is 4.50. The third-order valence-corrected chi connectivity index (χ3v) is 6.23. The highest BCUT2D eigenvalue weighted by Crippen LogP contribution is 2.24. The number of pyridine rings is 2. The van der Waals surface area contributed by atoms with Crippen LogP contribution < -0.4 is 15.4 Å². The second kappa shape index (κ2) is 9.34. The minimum Gasteiger partial charge on any atom is -0.336 e. The van der Waals surface area contributed by atoms with Crippen molar-refractivity contribution >= 4 is 27.6 Å². The van der Waals surface area contributed by atoms with Crippen LogP contribution in [-0.2, 0) is 16.6 Å². The van der Waals surface area contributed by atoms with E-state index in [2.05, 4.69) is 40.5 Å². The lowest BCUT2D eigenvalue weighted by molar-refractivity contribution is 0.251. The van der Waals surface area contributed by atoms with E-state index in [-0.39, 0.29) is 23.0 Å². The number of hydrogen-bond donors (Lipinski definition) is 3. The molecule has 184 valence electrons. The highest BCUT2D eigenvalue weighted by Gasteiger charge is 2.23. The largest absolute Gasteiger partial charge is 0.336 e. The number of amides is 2. The summed E-state index contributed by atoms with van der Waals surface area (Å²) in [7, 11) is -3.84. The van der Waals surface area contributed by atoms with Gasteiger partial charge in [-0.3, -0.25) is 15.0 Å². The predicted octanol–water partition coefficient (Wildman–Crippen LogP) is 1.42. The number of nitrogens with one attached hydrogen (secondary N) is 3. The van der Waals surface area contributed by atoms with E-state index in [1.165, 1.54) is 43.4 Å². The zero-order chi connectivity index (χ0) is 25.2. The maximum absolute atomic E-state index is 14.8. The highest BCUT2D eigenvalue weighted by atomic mass is 32.2. The molecule has 0 aliphatic carbocycles. The van der Waals surface area contributed by atoms with Crippen molar-refractivity contribution in [3.05, 3.63) is 49.2 Å². The molecule has 4 heterocycles. The Hall–Kier alpha value is -3.98. The molecular weight excluding hydrogens is 479 g/mol. The number of halogens is 1. The van der Waals surface area contributed by atoms with E-state index >= 15 is 0 Å². The van der Waals surface area contributed by atoms with E-state index in [1.807, 2.05) is 0 Å². The average molecular weight is 503 g/mol. The molecule has 0 aliphatic rings. The van der Waals surface area contributed by atoms with Crippen LogP contribution in [0.1, 0.15) is 20.8 Å². The van der Waals surface area contributed by atoms with E-state index in [0.717, 1.165) is 4.52 Å². The van der Waals surface area contributed by atoms with Crippen molar-refractivity contribution < 1.29 is 17.6 Å². The number of sulfonamides is 1. The monoisotopic (exact) mass is 502 g/mol. The molecule has 0 radical (unpaired) electrons. The van der Waals surface area contributed by atoms with Gasteiger partial charge in [-0.05, 0) is 32.9 Å². The van der Waals surface area contributed by atoms with Gasteiger partial charge in [-0.15, -0.1) is 5.10 Å². The van der Waals surface area contributed by atoms with Gasteiger partial charge in [0.15, 0.2) is 11.5 Å². The van der Waals surface area contributed by atoms with Crippen LogP contribution in [0.5, 0.6) is 0 Å². The Morgan fingerprint density at radius 3 is 2.66 bits per heavy atom. The Morgan fingerprint density at radius 2 is 1.94 bits per heavy atom. The Bertz CT molecular complexity index is 1460. The number of urea groups is 1. The molecule has 0 fully saturated rings. The standard InChI is InChI=1S/C20H23FN10O3S/c1-20(2,3)29-35(33,34)15-6-13(8-22-9-15)14-7-16(21)17-26-18(28-31(17)10-14)27-19(32)24-4-5-30-12-23-11-25-30/h6-12,29H,4-5H2,1-3H3,(H2,24,27,28,32). The summed E-state index contributed by atoms with van der Waals surface area (Å²) < 4.78 is 45.3. The summed E-state index contributed by atoms with van der Waals surface area (Å²) >= 11 is 0. The molecule has 0 atom stereocenters. The second-order valence-corrected chi connectivity index (χ2v) is 10.3. The summed E-state index contributed by atoms with van der Waals surface area (Å²) in [5.41, 5.74) is -0.118. The van der Waals surface area contributed by atoms with Crippen LogP contribution >= 0.6 is 0 Å². The number of carbonyl (C=O) groups is 1. The maximum Gasteiger partial charge on any atom is 0.321 e. The molecular formula is C20H23FN10O3S. The number of rotatable bonds is 7. The molecule has 4 aromatic rings. The maximum atomic E-state index is 14.8. The zero-order valence-corrected chi connectivity index (χ0v) is 19.9. The molecule has 35 heavy (non-hydrogen) atoms. The number of anilines is 1. The fourth-order valence-corrected chi connectivity index (χ4v) is 4.53. The van der Waals surface area contributed by atoms with Gasteiger partial charge >= 0.3 is 6.03 Å². The number of nitrogens with zero attached hydrogens (tertiary/aromatic N) is 7. The molecule has 0 bridgehead atoms. The highest BCUT2D eigenvalue weighted by molar-refractivity contribution is 7.89. The Labute approximate surface area is 199 Å². The fraction of sp³-hybridized carbons (Fsp3) is 0.300. The molecule has 4 rings (SSSR count). The van der Waals surface area contributed by atoms with E-state index in [4.69, 9.17) is 0 Å². The summed E-state index contributed by atoms with van der Waals surface area (Å²) in [6.07, 6.45) is 6.99. The number of carbonyl (C=O) groups excluding carboxylic acids is 1. The van der Waals surface area contributed by atoms with Crippen molar-refractivity contribution in [2.24, 2.45) is 0 Å². The topological polar surface area (TPSA) is 161 Å². The van der Waals surface area contributed by atoms with Crippen molar-refractivity contribution in [2.45, 2.75) is 37.8 Å². The van der Waals surface area contributed by atoms with Gasteiger partial charge in [0.2, 0.25) is 10.0 Å². The van der Waals surface area contributed by atoms with E-state index in [9.17, 15) is 17.6 Å². The summed E-state index contributed by atoms with van der Waals surface area (Å²) in [6.45, 7) is 5.85. The molecule has 15 heteroatoms. The van der Waals surface area contributed by atoms with E-state index in [0.29, 0.717) is 17.7 Å². The zero-order valence-electron chi connectivity index (χ0n) is 19.1. The van der Waals surface area contributed by atoms with Crippen molar-refractivity contribution in [1.82, 2.24) is 44.4 Å². The van der Waals surface area contributed by atoms with Gasteiger partial charge in [0.25, 0.3) is 5.95 Å². The molecule has 2 amide bonds. The SMILES string of the molecule is CC(C)(C)NS(=O)(=O)c1cncc(-c2cc(F)c3nc(NC(=O)NCCn4cncn4)nn3c2)c1. The number of fused-ring (bicyclic) bond motifs is 1. The van der Waals surface area contributed by atoms with Gasteiger partial charge in [0.05, 0.1) is 6.54 Å². The summed E-state index contributed by atoms with van der Waals surface area (Å²) in [4.78, 5) is 23.8. The van der Waals surface area contributed by atoms with Gasteiger partial charge in [-0.1, -0.05) is 0 Å². The first-order valence-corrected chi connectivity index (χ1v) is 11.9. The molecule has 0 spiro atoms. The predicted molar refractivity (Wildman–Crippen MR) is 123 cm³/mol. The fourth-order valence-electron chi connectivity index (χ4n) is 3.12. The summed E-state index contributed by atoms with van der Waals surface area (Å²) in [5.74, 6) is -0.821. The molecule has 4 aromatic heterocycles. The van der Waals surface area contributed by atoms with Gasteiger partial charge in [-0.25, -0.2) is 31.8 Å². The molecule has 0 unspecified atom stereocenters. The molecule has 0 saturated carbocycles. The second-order valence-electron chi connectivity index (χ2n) is 8.58. The lowest BCUT2D eigenvalue weighted by Crippen LogP contribution is -2.40. The van der Waals surface area contributed by atoms with Crippen LogP contribution in [0.3, 0.4) is 0 Å². The van der Waals surface area contributed by atoms with Gasteiger partial charge in [0, 0.05) is 41.8 Å². The Morgan fingerprint density at radius 1 is 1.14 bits per heavy atom. The van der Waals surface area contributed by atoms with E-state index in [1.54, 1.807) is 25.5 Å². The van der Waals surface area contributed by atoms with Crippen LogP contribution in [0.4, 0.5) is 15.1 Å². The van der Waals surface area contributed by atoms with Crippen LogP contribution in [0.25, 0.3) is 16.8 Å². The van der Waals surface area contributed by atoms with Gasteiger partial charge in [-0.2, -0.15) is 10.1 Å². The normalized spacial score (nSPS) is 12.1. The Kier molecular flexibility index (Phi) is 6.45. The summed E-state index contributed by atoms with van der Waals surface area (Å²) in [5, 5.41) is 13.1. The lowest BCUT2D eigenvalue weighted by Gasteiger charge is -2.20. The van der Waals surface area contributed by atoms with Crippen LogP contribution in [0.2, 0.25) is 0 Å². The van der Waals surface area contributed by atoms with E-state index < -0.39 is 27.4 Å². The lowest BCUT2D eigenvalue weighted by atomic mass is 10.1. The first-order valence-electron chi connectivity index (χ1n) is 10.4. The molecule has 0 aliphatic heterocycles. The average Bonchev–Trinajstić information content (AvgIpc) is 3.42. The van der Waals surface area contributed by atoms with Crippen LogP contribution in [0, 0.1) is 5.82 Å². The quantitative estimate of drug-likeness (QED) is 0.342. The molecule has 13 nitrogen and oxygen atoms in total. The van der Waals surface area contributed by atoms with Crippen molar-refractivity contribution in [2.75, 3.05) is 11.9 Å². The third kappa shape index (κ3) is 5.93. The van der Waals surface area contributed by atoms with Crippen LogP contribution in [-0.4, -0.2) is 60.9 Å². The van der Waals surface area contributed by atoms with Gasteiger partial charge in [0.1, 0.15) is 17.6 Å². The van der Waals surface area contributed by atoms with Gasteiger partial charge < -0.3 is 5.32 Å². The first-order chi connectivity index (χ1) is 16.5. The van der Waals surface area contributed by atoms with Crippen molar-refractivity contribution in [1.29, 1.82) is 0 Å². The number of aromatic nitrogens is 7. The smallest absolute Gasteiger partial charge is 0.321 e.